The molecule has 3 rings (SSSR count). The highest BCUT2D eigenvalue weighted by Crippen LogP contribution is 2.40. The second kappa shape index (κ2) is 7.27. The summed E-state index contributed by atoms with van der Waals surface area (Å²) in [6.07, 6.45) is 0.584. The van der Waals surface area contributed by atoms with E-state index in [1.54, 1.807) is 14.2 Å². The summed E-state index contributed by atoms with van der Waals surface area (Å²) >= 11 is 11.9. The average molecular weight is 416 g/mol. The van der Waals surface area contributed by atoms with Gasteiger partial charge in [0.15, 0.2) is 11.5 Å². The highest BCUT2D eigenvalue weighted by Gasteiger charge is 2.35. The van der Waals surface area contributed by atoms with E-state index < -0.39 is 10.0 Å². The zero-order valence-electron chi connectivity index (χ0n) is 14.6. The van der Waals surface area contributed by atoms with Crippen LogP contribution in [-0.2, 0) is 16.4 Å². The first-order valence-electron chi connectivity index (χ1n) is 8.01. The molecule has 0 amide bonds. The number of ether oxygens (including phenoxy) is 2. The van der Waals surface area contributed by atoms with Gasteiger partial charge in [0.25, 0.3) is 0 Å². The Labute approximate surface area is 163 Å². The van der Waals surface area contributed by atoms with Crippen LogP contribution in [0.1, 0.15) is 24.1 Å². The number of sulfonamides is 1. The number of hydrogen-bond donors (Lipinski definition) is 0. The molecule has 0 unspecified atom stereocenters. The Bertz CT molecular complexity index is 946. The molecular formula is C18H19Cl2NO4S. The summed E-state index contributed by atoms with van der Waals surface area (Å²) in [5.74, 6) is 1.21. The van der Waals surface area contributed by atoms with Crippen LogP contribution in [0.2, 0.25) is 10.0 Å². The minimum Gasteiger partial charge on any atom is -0.493 e. The molecule has 1 atom stereocenters. The third kappa shape index (κ3) is 3.27. The predicted molar refractivity (Wildman–Crippen MR) is 102 cm³/mol. The fourth-order valence-corrected chi connectivity index (χ4v) is 5.22. The number of halogens is 2. The van der Waals surface area contributed by atoms with Gasteiger partial charge in [-0.3, -0.25) is 0 Å². The lowest BCUT2D eigenvalue weighted by Crippen LogP contribution is -2.38. The zero-order chi connectivity index (χ0) is 19.1. The predicted octanol–water partition coefficient (Wildman–Crippen LogP) is 4.32. The van der Waals surface area contributed by atoms with Crippen molar-refractivity contribution in [2.24, 2.45) is 0 Å². The van der Waals surface area contributed by atoms with E-state index in [2.05, 4.69) is 0 Å². The standard InChI is InChI=1S/C18H19Cl2NO4S/c1-11-14-10-18(25-3)17(24-2)8-12(14)6-7-21(11)26(22,23)13-4-5-15(19)16(20)9-13/h4-5,8-11H,6-7H2,1-3H3/t11-/m0/s1. The van der Waals surface area contributed by atoms with Crippen LogP contribution in [0.3, 0.4) is 0 Å². The number of methoxy groups -OCH3 is 2. The molecule has 0 saturated heterocycles. The third-order valence-corrected chi connectivity index (χ3v) is 7.33. The fourth-order valence-electron chi connectivity index (χ4n) is 3.22. The molecule has 140 valence electrons. The average Bonchev–Trinajstić information content (AvgIpc) is 2.62. The molecule has 2 aromatic rings. The van der Waals surface area contributed by atoms with E-state index in [0.29, 0.717) is 29.5 Å². The largest absolute Gasteiger partial charge is 0.493 e. The molecule has 8 heteroatoms. The number of benzene rings is 2. The maximum Gasteiger partial charge on any atom is 0.243 e. The van der Waals surface area contributed by atoms with Gasteiger partial charge in [0.2, 0.25) is 10.0 Å². The van der Waals surface area contributed by atoms with Gasteiger partial charge in [0, 0.05) is 12.6 Å². The molecule has 1 heterocycles. The minimum absolute atomic E-state index is 0.127. The van der Waals surface area contributed by atoms with Crippen molar-refractivity contribution in [3.05, 3.63) is 51.5 Å². The van der Waals surface area contributed by atoms with E-state index in [-0.39, 0.29) is 16.0 Å². The second-order valence-corrected chi connectivity index (χ2v) is 8.73. The van der Waals surface area contributed by atoms with E-state index in [4.69, 9.17) is 32.7 Å². The molecule has 26 heavy (non-hydrogen) atoms. The van der Waals surface area contributed by atoms with Crippen molar-refractivity contribution in [1.29, 1.82) is 0 Å². The molecule has 2 aromatic carbocycles. The summed E-state index contributed by atoms with van der Waals surface area (Å²) in [5, 5.41) is 0.531. The van der Waals surface area contributed by atoms with Gasteiger partial charge in [-0.1, -0.05) is 23.2 Å². The van der Waals surface area contributed by atoms with Crippen molar-refractivity contribution < 1.29 is 17.9 Å². The van der Waals surface area contributed by atoms with Gasteiger partial charge in [0.1, 0.15) is 0 Å². The van der Waals surface area contributed by atoms with Crippen LogP contribution in [0.25, 0.3) is 0 Å². The summed E-state index contributed by atoms with van der Waals surface area (Å²) < 4.78 is 38.4. The minimum atomic E-state index is -3.71. The molecule has 0 fully saturated rings. The highest BCUT2D eigenvalue weighted by atomic mass is 35.5. The summed E-state index contributed by atoms with van der Waals surface area (Å²) in [6, 6.07) is 7.75. The first kappa shape index (κ1) is 19.3. The third-order valence-electron chi connectivity index (χ3n) is 4.63. The van der Waals surface area contributed by atoms with Crippen molar-refractivity contribution in [3.63, 3.8) is 0 Å². The van der Waals surface area contributed by atoms with Crippen LogP contribution < -0.4 is 9.47 Å². The molecule has 0 saturated carbocycles. The maximum absolute atomic E-state index is 13.1. The SMILES string of the molecule is COc1cc2c(cc1OC)[C@H](C)N(S(=O)(=O)c1ccc(Cl)c(Cl)c1)CC2. The Balaban J connectivity index is 2.02. The Kier molecular flexibility index (Phi) is 5.40. The quantitative estimate of drug-likeness (QED) is 0.745. The second-order valence-electron chi connectivity index (χ2n) is 6.02. The molecular weight excluding hydrogens is 397 g/mol. The van der Waals surface area contributed by atoms with Gasteiger partial charge < -0.3 is 9.47 Å². The molecule has 0 N–H and O–H groups in total. The summed E-state index contributed by atoms with van der Waals surface area (Å²) in [4.78, 5) is 0.127. The molecule has 0 bridgehead atoms. The van der Waals surface area contributed by atoms with E-state index in [1.165, 1.54) is 22.5 Å². The van der Waals surface area contributed by atoms with E-state index >= 15 is 0 Å². The van der Waals surface area contributed by atoms with Gasteiger partial charge in [-0.25, -0.2) is 8.42 Å². The normalized spacial score (nSPS) is 17.7. The van der Waals surface area contributed by atoms with Crippen molar-refractivity contribution in [1.82, 2.24) is 4.31 Å². The summed E-state index contributed by atoms with van der Waals surface area (Å²) in [7, 11) is -0.572. The molecule has 0 aliphatic carbocycles. The smallest absolute Gasteiger partial charge is 0.243 e. The Hall–Kier alpha value is -1.47. The molecule has 1 aliphatic heterocycles. The lowest BCUT2D eigenvalue weighted by molar-refractivity contribution is 0.319. The van der Waals surface area contributed by atoms with Crippen LogP contribution >= 0.6 is 23.2 Å². The number of nitrogens with zero attached hydrogens (tertiary/aromatic N) is 1. The molecule has 0 radical (unpaired) electrons. The molecule has 5 nitrogen and oxygen atoms in total. The Morgan fingerprint density at radius 2 is 1.69 bits per heavy atom. The van der Waals surface area contributed by atoms with Crippen LogP contribution in [0, 0.1) is 0 Å². The Morgan fingerprint density at radius 1 is 1.04 bits per heavy atom. The topological polar surface area (TPSA) is 55.8 Å². The van der Waals surface area contributed by atoms with Crippen molar-refractivity contribution in [2.45, 2.75) is 24.3 Å². The fraction of sp³-hybridized carbons (Fsp3) is 0.333. The number of rotatable bonds is 4. The first-order chi connectivity index (χ1) is 12.3. The molecule has 0 spiro atoms. The van der Waals surface area contributed by atoms with Gasteiger partial charge >= 0.3 is 0 Å². The highest BCUT2D eigenvalue weighted by molar-refractivity contribution is 7.89. The van der Waals surface area contributed by atoms with Gasteiger partial charge in [-0.15, -0.1) is 0 Å². The zero-order valence-corrected chi connectivity index (χ0v) is 17.0. The van der Waals surface area contributed by atoms with Crippen LogP contribution in [0.15, 0.2) is 35.2 Å². The Morgan fingerprint density at radius 3 is 2.31 bits per heavy atom. The van der Waals surface area contributed by atoms with Crippen LogP contribution in [0.5, 0.6) is 11.5 Å². The van der Waals surface area contributed by atoms with Crippen molar-refractivity contribution in [3.8, 4) is 11.5 Å². The summed E-state index contributed by atoms with van der Waals surface area (Å²) in [6.45, 7) is 2.23. The van der Waals surface area contributed by atoms with Gasteiger partial charge in [0.05, 0.1) is 29.2 Å². The van der Waals surface area contributed by atoms with Gasteiger partial charge in [-0.05, 0) is 54.8 Å². The van der Waals surface area contributed by atoms with E-state index in [0.717, 1.165) is 11.1 Å². The van der Waals surface area contributed by atoms with Gasteiger partial charge in [-0.2, -0.15) is 4.31 Å². The van der Waals surface area contributed by atoms with Crippen LogP contribution in [0.4, 0.5) is 0 Å². The number of fused-ring (bicyclic) bond motifs is 1. The monoisotopic (exact) mass is 415 g/mol. The summed E-state index contributed by atoms with van der Waals surface area (Å²) in [5.41, 5.74) is 1.95. The van der Waals surface area contributed by atoms with E-state index in [9.17, 15) is 8.42 Å². The molecule has 1 aliphatic rings. The van der Waals surface area contributed by atoms with Crippen molar-refractivity contribution in [2.75, 3.05) is 20.8 Å². The number of hydrogen-bond acceptors (Lipinski definition) is 4. The molecule has 0 aromatic heterocycles. The lowest BCUT2D eigenvalue weighted by Gasteiger charge is -2.34. The first-order valence-corrected chi connectivity index (χ1v) is 10.2. The van der Waals surface area contributed by atoms with Crippen LogP contribution in [-0.4, -0.2) is 33.5 Å². The lowest BCUT2D eigenvalue weighted by atomic mass is 9.94. The van der Waals surface area contributed by atoms with Crippen molar-refractivity contribution >= 4 is 33.2 Å². The maximum atomic E-state index is 13.1. The van der Waals surface area contributed by atoms with E-state index in [1.807, 2.05) is 19.1 Å².